The van der Waals surface area contributed by atoms with Crippen molar-refractivity contribution in [2.45, 2.75) is 11.7 Å². The van der Waals surface area contributed by atoms with Crippen LogP contribution in [0.1, 0.15) is 5.56 Å². The van der Waals surface area contributed by atoms with Crippen LogP contribution in [0.15, 0.2) is 71.9 Å². The smallest absolute Gasteiger partial charge is 0.230 e. The molecule has 4 rings (SSSR count). The van der Waals surface area contributed by atoms with E-state index >= 15 is 0 Å². The third-order valence-electron chi connectivity index (χ3n) is 5.13. The molecule has 33 heavy (non-hydrogen) atoms. The Morgan fingerprint density at radius 3 is 2.42 bits per heavy atom. The molecule has 4 aromatic rings. The summed E-state index contributed by atoms with van der Waals surface area (Å²) in [7, 11) is 4.82. The van der Waals surface area contributed by atoms with Crippen LogP contribution in [0.5, 0.6) is 17.2 Å². The number of ether oxygens (including phenoxy) is 3. The summed E-state index contributed by atoms with van der Waals surface area (Å²) >= 11 is 1.40. The number of hydrogen-bond acceptors (Lipinski definition) is 6. The van der Waals surface area contributed by atoms with Gasteiger partial charge >= 0.3 is 0 Å². The quantitative estimate of drug-likeness (QED) is 0.370. The normalized spacial score (nSPS) is 10.8. The molecule has 0 unspecified atom stereocenters. The molecule has 1 aromatic heterocycles. The van der Waals surface area contributed by atoms with Crippen molar-refractivity contribution in [2.75, 3.05) is 27.1 Å². The molecule has 0 saturated heterocycles. The molecule has 1 amide bonds. The number of thioether (sulfide) groups is 1. The van der Waals surface area contributed by atoms with E-state index in [0.717, 1.165) is 33.2 Å². The van der Waals surface area contributed by atoms with E-state index in [1.165, 1.54) is 11.8 Å². The van der Waals surface area contributed by atoms with Crippen LogP contribution < -0.4 is 19.5 Å². The van der Waals surface area contributed by atoms with Gasteiger partial charge in [0.05, 0.1) is 38.1 Å². The number of rotatable bonds is 9. The van der Waals surface area contributed by atoms with Gasteiger partial charge in [0.1, 0.15) is 5.75 Å². The molecule has 0 aliphatic heterocycles. The maximum Gasteiger partial charge on any atom is 0.230 e. The van der Waals surface area contributed by atoms with Gasteiger partial charge in [0.15, 0.2) is 16.7 Å². The van der Waals surface area contributed by atoms with Crippen LogP contribution in [0.2, 0.25) is 0 Å². The number of fused-ring (bicyclic) bond motifs is 1. The number of methoxy groups -OCH3 is 3. The van der Waals surface area contributed by atoms with Crippen molar-refractivity contribution >= 4 is 28.7 Å². The monoisotopic (exact) mass is 463 g/mol. The summed E-state index contributed by atoms with van der Waals surface area (Å²) in [6.45, 7) is 0.397. The Morgan fingerprint density at radius 2 is 1.70 bits per heavy atom. The fourth-order valence-corrected chi connectivity index (χ4v) is 4.31. The van der Waals surface area contributed by atoms with Crippen molar-refractivity contribution in [1.29, 1.82) is 0 Å². The first kappa shape index (κ1) is 22.5. The predicted octanol–water partition coefficient (Wildman–Crippen LogP) is 4.46. The second-order valence-corrected chi connectivity index (χ2v) is 8.11. The molecule has 0 atom stereocenters. The lowest BCUT2D eigenvalue weighted by Crippen LogP contribution is -2.24. The lowest BCUT2D eigenvalue weighted by Gasteiger charge is -2.11. The van der Waals surface area contributed by atoms with Crippen LogP contribution in [0.25, 0.3) is 16.7 Å². The van der Waals surface area contributed by atoms with E-state index in [9.17, 15) is 4.79 Å². The molecule has 170 valence electrons. The minimum Gasteiger partial charge on any atom is -0.497 e. The van der Waals surface area contributed by atoms with Gasteiger partial charge in [-0.1, -0.05) is 30.0 Å². The van der Waals surface area contributed by atoms with Gasteiger partial charge in [0.2, 0.25) is 5.91 Å². The zero-order chi connectivity index (χ0) is 23.2. The summed E-state index contributed by atoms with van der Waals surface area (Å²) in [6.07, 6.45) is 0. The fourth-order valence-electron chi connectivity index (χ4n) is 3.45. The number of aromatic nitrogens is 2. The van der Waals surface area contributed by atoms with Crippen LogP contribution in [0.4, 0.5) is 0 Å². The number of imidazole rings is 1. The van der Waals surface area contributed by atoms with Gasteiger partial charge in [-0.25, -0.2) is 4.98 Å². The molecule has 0 fully saturated rings. The van der Waals surface area contributed by atoms with Crippen molar-refractivity contribution < 1.29 is 19.0 Å². The van der Waals surface area contributed by atoms with E-state index in [-0.39, 0.29) is 11.7 Å². The van der Waals surface area contributed by atoms with Crippen LogP contribution in [-0.2, 0) is 11.3 Å². The van der Waals surface area contributed by atoms with E-state index in [4.69, 9.17) is 19.2 Å². The molecule has 1 N–H and O–H groups in total. The lowest BCUT2D eigenvalue weighted by molar-refractivity contribution is -0.118. The molecule has 1 heterocycles. The topological polar surface area (TPSA) is 74.6 Å². The van der Waals surface area contributed by atoms with Crippen LogP contribution in [0, 0.1) is 0 Å². The summed E-state index contributed by atoms with van der Waals surface area (Å²) < 4.78 is 17.9. The molecular weight excluding hydrogens is 438 g/mol. The Kier molecular flexibility index (Phi) is 7.04. The molecule has 0 spiro atoms. The summed E-state index contributed by atoms with van der Waals surface area (Å²) in [5.41, 5.74) is 3.74. The molecule has 3 aromatic carbocycles. The number of benzene rings is 3. The number of nitrogens with one attached hydrogen (secondary N) is 1. The van der Waals surface area contributed by atoms with Crippen molar-refractivity contribution in [3.63, 3.8) is 0 Å². The molecular formula is C25H25N3O4S. The van der Waals surface area contributed by atoms with Crippen molar-refractivity contribution in [3.05, 3.63) is 72.3 Å². The van der Waals surface area contributed by atoms with E-state index in [1.807, 2.05) is 66.7 Å². The zero-order valence-electron chi connectivity index (χ0n) is 18.7. The van der Waals surface area contributed by atoms with Gasteiger partial charge < -0.3 is 19.5 Å². The fraction of sp³-hybridized carbons (Fsp3) is 0.200. The first-order valence-electron chi connectivity index (χ1n) is 10.3. The maximum atomic E-state index is 12.6. The third-order valence-corrected chi connectivity index (χ3v) is 6.07. The molecule has 0 aliphatic carbocycles. The first-order chi connectivity index (χ1) is 16.1. The van der Waals surface area contributed by atoms with Crippen molar-refractivity contribution in [3.8, 4) is 22.9 Å². The maximum absolute atomic E-state index is 12.6. The van der Waals surface area contributed by atoms with Gasteiger partial charge in [-0.2, -0.15) is 0 Å². The van der Waals surface area contributed by atoms with E-state index in [1.54, 1.807) is 21.3 Å². The van der Waals surface area contributed by atoms with Gasteiger partial charge in [-0.05, 0) is 54.1 Å². The zero-order valence-corrected chi connectivity index (χ0v) is 19.5. The highest BCUT2D eigenvalue weighted by Crippen LogP contribution is 2.29. The van der Waals surface area contributed by atoms with Crippen LogP contribution >= 0.6 is 11.8 Å². The van der Waals surface area contributed by atoms with Crippen LogP contribution in [0.3, 0.4) is 0 Å². The number of nitrogens with zero attached hydrogens (tertiary/aromatic N) is 2. The number of carbonyl (C=O) groups is 1. The molecule has 0 bridgehead atoms. The van der Waals surface area contributed by atoms with Gasteiger partial charge in [-0.15, -0.1) is 0 Å². The average Bonchev–Trinajstić information content (AvgIpc) is 3.24. The van der Waals surface area contributed by atoms with E-state index in [2.05, 4.69) is 9.88 Å². The lowest BCUT2D eigenvalue weighted by atomic mass is 10.2. The summed E-state index contributed by atoms with van der Waals surface area (Å²) in [6, 6.07) is 21.3. The standard InChI is InChI=1S/C25H25N3O4S/c1-30-19-11-9-18(10-12-19)28-21-7-5-4-6-20(21)27-25(28)33-16-24(29)26-15-17-8-13-22(31-2)23(14-17)32-3/h4-14H,15-16H2,1-3H3,(H,26,29). The molecule has 8 heteroatoms. The second kappa shape index (κ2) is 10.3. The van der Waals surface area contributed by atoms with Crippen LogP contribution in [-0.4, -0.2) is 42.5 Å². The minimum atomic E-state index is -0.0804. The van der Waals surface area contributed by atoms with Crippen molar-refractivity contribution in [2.24, 2.45) is 0 Å². The minimum absolute atomic E-state index is 0.0804. The molecule has 0 aliphatic rings. The van der Waals surface area contributed by atoms with Gasteiger partial charge in [0, 0.05) is 12.2 Å². The first-order valence-corrected chi connectivity index (χ1v) is 11.3. The largest absolute Gasteiger partial charge is 0.497 e. The molecule has 0 radical (unpaired) electrons. The highest BCUT2D eigenvalue weighted by molar-refractivity contribution is 7.99. The molecule has 0 saturated carbocycles. The Balaban J connectivity index is 1.47. The predicted molar refractivity (Wildman–Crippen MR) is 130 cm³/mol. The highest BCUT2D eigenvalue weighted by Gasteiger charge is 2.15. The number of carbonyl (C=O) groups excluding carboxylic acids is 1. The third kappa shape index (κ3) is 5.06. The summed E-state index contributed by atoms with van der Waals surface area (Å²) in [5, 5.41) is 3.71. The van der Waals surface area contributed by atoms with Crippen molar-refractivity contribution in [1.82, 2.24) is 14.9 Å². The highest BCUT2D eigenvalue weighted by atomic mass is 32.2. The van der Waals surface area contributed by atoms with Gasteiger partial charge in [-0.3, -0.25) is 9.36 Å². The van der Waals surface area contributed by atoms with Gasteiger partial charge in [0.25, 0.3) is 0 Å². The Hall–Kier alpha value is -3.65. The number of hydrogen-bond donors (Lipinski definition) is 1. The Morgan fingerprint density at radius 1 is 0.939 bits per heavy atom. The number of amides is 1. The Bertz CT molecular complexity index is 1250. The van der Waals surface area contributed by atoms with E-state index in [0.29, 0.717) is 18.0 Å². The summed E-state index contributed by atoms with van der Waals surface area (Å²) in [5.74, 6) is 2.23. The SMILES string of the molecule is COc1ccc(-n2c(SCC(=O)NCc3ccc(OC)c(OC)c3)nc3ccccc32)cc1. The second-order valence-electron chi connectivity index (χ2n) is 7.17. The summed E-state index contributed by atoms with van der Waals surface area (Å²) in [4.78, 5) is 17.3. The Labute approximate surface area is 196 Å². The number of para-hydroxylation sites is 2. The molecule has 7 nitrogen and oxygen atoms in total. The van der Waals surface area contributed by atoms with E-state index < -0.39 is 0 Å². The average molecular weight is 464 g/mol.